The van der Waals surface area contributed by atoms with Gasteiger partial charge in [0.1, 0.15) is 17.1 Å². The standard InChI is InChI=1S/C17H15NO6/c1-22-12-6-7-14(13(9-12)17(21)23-2)24-16(20)11-5-3-4-10(8-11)15(18)19/h3-9H,1-2H3,(H2,18,19). The number of ether oxygens (including phenoxy) is 3. The van der Waals surface area contributed by atoms with E-state index in [4.69, 9.17) is 15.2 Å². The van der Waals surface area contributed by atoms with Gasteiger partial charge in [-0.25, -0.2) is 9.59 Å². The highest BCUT2D eigenvalue weighted by atomic mass is 16.5. The van der Waals surface area contributed by atoms with Crippen molar-refractivity contribution in [2.45, 2.75) is 0 Å². The molecule has 0 bridgehead atoms. The molecule has 0 aliphatic rings. The van der Waals surface area contributed by atoms with Crippen LogP contribution < -0.4 is 15.2 Å². The highest BCUT2D eigenvalue weighted by Gasteiger charge is 2.18. The Hall–Kier alpha value is -3.35. The quantitative estimate of drug-likeness (QED) is 0.662. The number of rotatable bonds is 5. The molecule has 0 heterocycles. The van der Waals surface area contributed by atoms with Gasteiger partial charge in [0, 0.05) is 5.56 Å². The highest BCUT2D eigenvalue weighted by Crippen LogP contribution is 2.26. The van der Waals surface area contributed by atoms with Gasteiger partial charge in [-0.05, 0) is 36.4 Å². The van der Waals surface area contributed by atoms with Crippen molar-refractivity contribution in [1.29, 1.82) is 0 Å². The molecule has 0 spiro atoms. The third-order valence-corrected chi connectivity index (χ3v) is 3.18. The van der Waals surface area contributed by atoms with Gasteiger partial charge < -0.3 is 19.9 Å². The van der Waals surface area contributed by atoms with Gasteiger partial charge in [-0.2, -0.15) is 0 Å². The van der Waals surface area contributed by atoms with Crippen molar-refractivity contribution >= 4 is 17.8 Å². The smallest absolute Gasteiger partial charge is 0.343 e. The Labute approximate surface area is 137 Å². The Kier molecular flexibility index (Phi) is 5.16. The SMILES string of the molecule is COC(=O)c1cc(OC)ccc1OC(=O)c1cccc(C(N)=O)c1. The molecule has 2 aromatic rings. The third kappa shape index (κ3) is 3.70. The lowest BCUT2D eigenvalue weighted by molar-refractivity contribution is 0.0592. The first kappa shape index (κ1) is 17.0. The molecule has 0 aliphatic carbocycles. The fourth-order valence-corrected chi connectivity index (χ4v) is 1.95. The zero-order valence-corrected chi connectivity index (χ0v) is 13.1. The predicted octanol–water partition coefficient (Wildman–Crippen LogP) is 1.80. The summed E-state index contributed by atoms with van der Waals surface area (Å²) in [6, 6.07) is 10.1. The van der Waals surface area contributed by atoms with E-state index in [2.05, 4.69) is 4.74 Å². The minimum Gasteiger partial charge on any atom is -0.497 e. The number of benzene rings is 2. The summed E-state index contributed by atoms with van der Waals surface area (Å²) in [5.74, 6) is -1.66. The van der Waals surface area contributed by atoms with Gasteiger partial charge in [0.15, 0.2) is 0 Å². The lowest BCUT2D eigenvalue weighted by Crippen LogP contribution is -2.15. The molecule has 124 valence electrons. The minimum absolute atomic E-state index is 0.0112. The molecule has 24 heavy (non-hydrogen) atoms. The zero-order valence-electron chi connectivity index (χ0n) is 13.1. The van der Waals surface area contributed by atoms with Crippen LogP contribution in [0.15, 0.2) is 42.5 Å². The van der Waals surface area contributed by atoms with Gasteiger partial charge in [0.05, 0.1) is 19.8 Å². The maximum Gasteiger partial charge on any atom is 0.343 e. The predicted molar refractivity (Wildman–Crippen MR) is 84.3 cm³/mol. The second kappa shape index (κ2) is 7.28. The van der Waals surface area contributed by atoms with E-state index in [1.54, 1.807) is 0 Å². The summed E-state index contributed by atoms with van der Waals surface area (Å²) in [5, 5.41) is 0. The van der Waals surface area contributed by atoms with Crippen LogP contribution in [0, 0.1) is 0 Å². The normalized spacial score (nSPS) is 9.92. The highest BCUT2D eigenvalue weighted by molar-refractivity contribution is 5.99. The number of amides is 1. The Morgan fingerprint density at radius 2 is 1.62 bits per heavy atom. The molecule has 0 aliphatic heterocycles. The van der Waals surface area contributed by atoms with Crippen molar-refractivity contribution in [1.82, 2.24) is 0 Å². The molecule has 2 rings (SSSR count). The second-order valence-electron chi connectivity index (χ2n) is 4.69. The second-order valence-corrected chi connectivity index (χ2v) is 4.69. The van der Waals surface area contributed by atoms with Crippen LogP contribution in [-0.2, 0) is 4.74 Å². The maximum absolute atomic E-state index is 12.2. The fourth-order valence-electron chi connectivity index (χ4n) is 1.95. The average molecular weight is 329 g/mol. The van der Waals surface area contributed by atoms with E-state index in [1.165, 1.54) is 56.7 Å². The lowest BCUT2D eigenvalue weighted by atomic mass is 10.1. The molecule has 0 atom stereocenters. The molecule has 7 heteroatoms. The molecule has 1 amide bonds. The van der Waals surface area contributed by atoms with Gasteiger partial charge in [-0.1, -0.05) is 6.07 Å². The Balaban J connectivity index is 2.33. The number of hydrogen-bond acceptors (Lipinski definition) is 6. The van der Waals surface area contributed by atoms with Crippen LogP contribution in [0.2, 0.25) is 0 Å². The van der Waals surface area contributed by atoms with E-state index >= 15 is 0 Å². The summed E-state index contributed by atoms with van der Waals surface area (Å²) < 4.78 is 14.9. The lowest BCUT2D eigenvalue weighted by Gasteiger charge is -2.10. The van der Waals surface area contributed by atoms with Crippen molar-refractivity contribution < 1.29 is 28.6 Å². The summed E-state index contributed by atoms with van der Waals surface area (Å²) in [5.41, 5.74) is 5.52. The summed E-state index contributed by atoms with van der Waals surface area (Å²) in [6.45, 7) is 0. The first-order valence-electron chi connectivity index (χ1n) is 6.84. The Morgan fingerprint density at radius 1 is 0.917 bits per heavy atom. The van der Waals surface area contributed by atoms with Crippen LogP contribution in [0.1, 0.15) is 31.1 Å². The molecule has 7 nitrogen and oxygen atoms in total. The van der Waals surface area contributed by atoms with Crippen LogP contribution in [0.4, 0.5) is 0 Å². The number of carbonyl (C=O) groups excluding carboxylic acids is 3. The molecule has 2 aromatic carbocycles. The van der Waals surface area contributed by atoms with Gasteiger partial charge in [0.2, 0.25) is 5.91 Å². The molecule has 0 radical (unpaired) electrons. The Bertz CT molecular complexity index is 799. The van der Waals surface area contributed by atoms with E-state index in [1.807, 2.05) is 0 Å². The summed E-state index contributed by atoms with van der Waals surface area (Å²) in [7, 11) is 2.65. The summed E-state index contributed by atoms with van der Waals surface area (Å²) >= 11 is 0. The monoisotopic (exact) mass is 329 g/mol. The number of primary amides is 1. The fraction of sp³-hybridized carbons (Fsp3) is 0.118. The van der Waals surface area contributed by atoms with Gasteiger partial charge in [-0.15, -0.1) is 0 Å². The van der Waals surface area contributed by atoms with Crippen LogP contribution in [0.3, 0.4) is 0 Å². The van der Waals surface area contributed by atoms with Crippen molar-refractivity contribution in [2.75, 3.05) is 14.2 Å². The molecule has 2 N–H and O–H groups in total. The van der Waals surface area contributed by atoms with E-state index in [0.717, 1.165) is 0 Å². The van der Waals surface area contributed by atoms with Crippen molar-refractivity contribution in [3.05, 3.63) is 59.2 Å². The topological polar surface area (TPSA) is 105 Å². The van der Waals surface area contributed by atoms with Gasteiger partial charge in [-0.3, -0.25) is 4.79 Å². The maximum atomic E-state index is 12.2. The summed E-state index contributed by atoms with van der Waals surface area (Å²) in [4.78, 5) is 35.3. The average Bonchev–Trinajstić information content (AvgIpc) is 2.61. The molecule has 0 aromatic heterocycles. The number of esters is 2. The summed E-state index contributed by atoms with van der Waals surface area (Å²) in [6.07, 6.45) is 0. The largest absolute Gasteiger partial charge is 0.497 e. The van der Waals surface area contributed by atoms with E-state index in [9.17, 15) is 14.4 Å². The van der Waals surface area contributed by atoms with Gasteiger partial charge in [0.25, 0.3) is 0 Å². The van der Waals surface area contributed by atoms with E-state index in [0.29, 0.717) is 5.75 Å². The minimum atomic E-state index is -0.742. The van der Waals surface area contributed by atoms with E-state index in [-0.39, 0.29) is 22.4 Å². The van der Waals surface area contributed by atoms with Crippen LogP contribution in [0.5, 0.6) is 11.5 Å². The molecule has 0 unspecified atom stereocenters. The first-order valence-corrected chi connectivity index (χ1v) is 6.84. The zero-order chi connectivity index (χ0) is 17.7. The van der Waals surface area contributed by atoms with Crippen LogP contribution >= 0.6 is 0 Å². The molecular formula is C17H15NO6. The molecule has 0 fully saturated rings. The van der Waals surface area contributed by atoms with Crippen molar-refractivity contribution in [2.24, 2.45) is 5.73 Å². The Morgan fingerprint density at radius 3 is 2.25 bits per heavy atom. The van der Waals surface area contributed by atoms with Crippen LogP contribution in [0.25, 0.3) is 0 Å². The number of nitrogens with two attached hydrogens (primary N) is 1. The number of methoxy groups -OCH3 is 2. The van der Waals surface area contributed by atoms with Crippen LogP contribution in [-0.4, -0.2) is 32.1 Å². The molecular weight excluding hydrogens is 314 g/mol. The van der Waals surface area contributed by atoms with Crippen molar-refractivity contribution in [3.8, 4) is 11.5 Å². The number of hydrogen-bond donors (Lipinski definition) is 1. The number of carbonyl (C=O) groups is 3. The van der Waals surface area contributed by atoms with Gasteiger partial charge >= 0.3 is 11.9 Å². The first-order chi connectivity index (χ1) is 11.5. The third-order valence-electron chi connectivity index (χ3n) is 3.18. The van der Waals surface area contributed by atoms with Crippen molar-refractivity contribution in [3.63, 3.8) is 0 Å². The molecule has 0 saturated carbocycles. The molecule has 0 saturated heterocycles. The van der Waals surface area contributed by atoms with E-state index < -0.39 is 17.8 Å².